The van der Waals surface area contributed by atoms with E-state index < -0.39 is 0 Å². The molecule has 2 rings (SSSR count). The van der Waals surface area contributed by atoms with Crippen LogP contribution in [0.5, 0.6) is 0 Å². The average Bonchev–Trinajstić information content (AvgIpc) is 3.11. The monoisotopic (exact) mass is 286 g/mol. The molecular weight excluding hydrogens is 272 g/mol. The molecule has 0 bridgehead atoms. The molecule has 0 aromatic carbocycles. The van der Waals surface area contributed by atoms with E-state index in [0.717, 1.165) is 17.3 Å². The fraction of sp³-hybridized carbons (Fsp3) is 0.600. The van der Waals surface area contributed by atoms with Crippen molar-refractivity contribution in [3.8, 4) is 0 Å². The van der Waals surface area contributed by atoms with E-state index in [9.17, 15) is 5.11 Å². The first-order valence-electron chi connectivity index (χ1n) is 5.33. The van der Waals surface area contributed by atoms with E-state index in [0.29, 0.717) is 24.2 Å². The molecule has 1 aliphatic carbocycles. The number of hydrogen-bond donors (Lipinski definition) is 3. The van der Waals surface area contributed by atoms with Crippen LogP contribution in [0.3, 0.4) is 0 Å². The first kappa shape index (κ1) is 11.6. The molecule has 0 spiro atoms. The van der Waals surface area contributed by atoms with Crippen molar-refractivity contribution in [3.05, 3.63) is 10.7 Å². The Labute approximate surface area is 103 Å². The molecule has 1 saturated carbocycles. The topological polar surface area (TPSA) is 70.1 Å². The summed E-state index contributed by atoms with van der Waals surface area (Å²) in [6, 6.07) is 0. The SMILES string of the molecule is CNc1ncc(Br)c(NCC(O)C2CC2)n1. The molecule has 1 aromatic rings. The molecular formula is C10H15BrN4O. The molecule has 1 atom stereocenters. The maximum absolute atomic E-state index is 9.73. The highest BCUT2D eigenvalue weighted by Crippen LogP contribution is 2.32. The lowest BCUT2D eigenvalue weighted by Gasteiger charge is -2.12. The van der Waals surface area contributed by atoms with Crippen molar-refractivity contribution in [3.63, 3.8) is 0 Å². The molecule has 1 unspecified atom stereocenters. The zero-order valence-corrected chi connectivity index (χ0v) is 10.7. The van der Waals surface area contributed by atoms with Crippen LogP contribution in [0.2, 0.25) is 0 Å². The Hall–Kier alpha value is -0.880. The number of aliphatic hydroxyl groups is 1. The minimum Gasteiger partial charge on any atom is -0.391 e. The lowest BCUT2D eigenvalue weighted by atomic mass is 10.2. The Bertz CT molecular complexity index is 370. The van der Waals surface area contributed by atoms with Gasteiger partial charge in [0.1, 0.15) is 5.82 Å². The lowest BCUT2D eigenvalue weighted by Crippen LogP contribution is -2.22. The zero-order valence-electron chi connectivity index (χ0n) is 9.07. The van der Waals surface area contributed by atoms with Crippen LogP contribution in [0.4, 0.5) is 11.8 Å². The number of halogens is 1. The zero-order chi connectivity index (χ0) is 11.5. The van der Waals surface area contributed by atoms with E-state index in [1.165, 1.54) is 0 Å². The highest BCUT2D eigenvalue weighted by Gasteiger charge is 2.29. The third-order valence-electron chi connectivity index (χ3n) is 2.61. The maximum Gasteiger partial charge on any atom is 0.224 e. The van der Waals surface area contributed by atoms with Crippen LogP contribution in [-0.4, -0.2) is 34.8 Å². The van der Waals surface area contributed by atoms with E-state index in [-0.39, 0.29) is 6.10 Å². The third-order valence-corrected chi connectivity index (χ3v) is 3.19. The van der Waals surface area contributed by atoms with Gasteiger partial charge in [-0.25, -0.2) is 4.98 Å². The van der Waals surface area contributed by atoms with Crippen molar-refractivity contribution in [1.29, 1.82) is 0 Å². The second kappa shape index (κ2) is 4.97. The van der Waals surface area contributed by atoms with Crippen LogP contribution in [-0.2, 0) is 0 Å². The predicted octanol–water partition coefficient (Wildman–Crippen LogP) is 1.46. The first-order valence-corrected chi connectivity index (χ1v) is 6.12. The largest absolute Gasteiger partial charge is 0.391 e. The molecule has 5 nitrogen and oxygen atoms in total. The number of aromatic nitrogens is 2. The molecule has 1 heterocycles. The summed E-state index contributed by atoms with van der Waals surface area (Å²) in [5, 5.41) is 15.7. The van der Waals surface area contributed by atoms with Gasteiger partial charge in [-0.15, -0.1) is 0 Å². The second-order valence-corrected chi connectivity index (χ2v) is 4.78. The van der Waals surface area contributed by atoms with Crippen molar-refractivity contribution in [2.75, 3.05) is 24.2 Å². The highest BCUT2D eigenvalue weighted by atomic mass is 79.9. The van der Waals surface area contributed by atoms with Crippen molar-refractivity contribution in [2.45, 2.75) is 18.9 Å². The van der Waals surface area contributed by atoms with Crippen LogP contribution in [0.15, 0.2) is 10.7 Å². The summed E-state index contributed by atoms with van der Waals surface area (Å²) in [7, 11) is 1.77. The Morgan fingerprint density at radius 3 is 3.00 bits per heavy atom. The smallest absolute Gasteiger partial charge is 0.224 e. The van der Waals surface area contributed by atoms with E-state index in [1.807, 2.05) is 0 Å². The van der Waals surface area contributed by atoms with Gasteiger partial charge in [0.05, 0.1) is 10.6 Å². The predicted molar refractivity (Wildman–Crippen MR) is 66.5 cm³/mol. The molecule has 6 heteroatoms. The van der Waals surface area contributed by atoms with Gasteiger partial charge in [-0.2, -0.15) is 4.98 Å². The van der Waals surface area contributed by atoms with E-state index in [4.69, 9.17) is 0 Å². The van der Waals surface area contributed by atoms with Crippen LogP contribution in [0, 0.1) is 5.92 Å². The lowest BCUT2D eigenvalue weighted by molar-refractivity contribution is 0.164. The number of nitrogens with one attached hydrogen (secondary N) is 2. The molecule has 1 aliphatic rings. The summed E-state index contributed by atoms with van der Waals surface area (Å²) in [4.78, 5) is 8.31. The Balaban J connectivity index is 1.96. The van der Waals surface area contributed by atoms with E-state index in [1.54, 1.807) is 13.2 Å². The fourth-order valence-corrected chi connectivity index (χ4v) is 1.79. The van der Waals surface area contributed by atoms with Gasteiger partial charge in [0.15, 0.2) is 0 Å². The van der Waals surface area contributed by atoms with Crippen LogP contribution >= 0.6 is 15.9 Å². The van der Waals surface area contributed by atoms with Gasteiger partial charge in [-0.05, 0) is 34.7 Å². The Morgan fingerprint density at radius 1 is 1.62 bits per heavy atom. The minimum atomic E-state index is -0.278. The second-order valence-electron chi connectivity index (χ2n) is 3.93. The van der Waals surface area contributed by atoms with Crippen LogP contribution < -0.4 is 10.6 Å². The molecule has 16 heavy (non-hydrogen) atoms. The Morgan fingerprint density at radius 2 is 2.38 bits per heavy atom. The van der Waals surface area contributed by atoms with Crippen molar-refractivity contribution in [1.82, 2.24) is 9.97 Å². The van der Waals surface area contributed by atoms with E-state index >= 15 is 0 Å². The molecule has 0 saturated heterocycles. The standard InChI is InChI=1S/C10H15BrN4O/c1-12-10-14-4-7(11)9(15-10)13-5-8(16)6-2-3-6/h4,6,8,16H,2-3,5H2,1H3,(H2,12,13,14,15). The van der Waals surface area contributed by atoms with Crippen LogP contribution in [0.1, 0.15) is 12.8 Å². The summed E-state index contributed by atoms with van der Waals surface area (Å²) in [6.45, 7) is 0.531. The number of anilines is 2. The van der Waals surface area contributed by atoms with Crippen molar-refractivity contribution < 1.29 is 5.11 Å². The van der Waals surface area contributed by atoms with Crippen molar-refractivity contribution >= 4 is 27.7 Å². The summed E-state index contributed by atoms with van der Waals surface area (Å²) in [6.07, 6.45) is 3.68. The van der Waals surface area contributed by atoms with Gasteiger partial charge in [-0.1, -0.05) is 0 Å². The maximum atomic E-state index is 9.73. The van der Waals surface area contributed by atoms with Crippen molar-refractivity contribution in [2.24, 2.45) is 5.92 Å². The van der Waals surface area contributed by atoms with Gasteiger partial charge in [0, 0.05) is 19.8 Å². The molecule has 3 N–H and O–H groups in total. The number of rotatable bonds is 5. The minimum absolute atomic E-state index is 0.278. The van der Waals surface area contributed by atoms with Gasteiger partial charge in [0.2, 0.25) is 5.95 Å². The average molecular weight is 287 g/mol. The summed E-state index contributed by atoms with van der Waals surface area (Å²) < 4.78 is 0.800. The number of hydrogen-bond acceptors (Lipinski definition) is 5. The molecule has 0 amide bonds. The van der Waals surface area contributed by atoms with Crippen LogP contribution in [0.25, 0.3) is 0 Å². The molecule has 0 radical (unpaired) electrons. The normalized spacial score (nSPS) is 16.9. The molecule has 88 valence electrons. The Kier molecular flexibility index (Phi) is 3.60. The number of aliphatic hydroxyl groups excluding tert-OH is 1. The summed E-state index contributed by atoms with van der Waals surface area (Å²) >= 11 is 3.37. The van der Waals surface area contributed by atoms with Gasteiger partial charge >= 0.3 is 0 Å². The number of nitrogens with zero attached hydrogens (tertiary/aromatic N) is 2. The summed E-state index contributed by atoms with van der Waals surface area (Å²) in [5.41, 5.74) is 0. The molecule has 1 aromatic heterocycles. The van der Waals surface area contributed by atoms with Gasteiger partial charge < -0.3 is 15.7 Å². The summed E-state index contributed by atoms with van der Waals surface area (Å²) in [5.74, 6) is 1.74. The highest BCUT2D eigenvalue weighted by molar-refractivity contribution is 9.10. The molecule has 1 fully saturated rings. The van der Waals surface area contributed by atoms with Gasteiger partial charge in [-0.3, -0.25) is 0 Å². The first-order chi connectivity index (χ1) is 7.70. The third kappa shape index (κ3) is 2.82. The molecule has 0 aliphatic heterocycles. The van der Waals surface area contributed by atoms with Gasteiger partial charge in [0.25, 0.3) is 0 Å². The van der Waals surface area contributed by atoms with E-state index in [2.05, 4.69) is 36.5 Å². The quantitative estimate of drug-likeness (QED) is 0.765. The fourth-order valence-electron chi connectivity index (χ4n) is 1.46.